The van der Waals surface area contributed by atoms with Gasteiger partial charge in [-0.3, -0.25) is 4.79 Å². The highest BCUT2D eigenvalue weighted by molar-refractivity contribution is 6.34. The number of carbonyl (C=O) groups is 1. The highest BCUT2D eigenvalue weighted by Gasteiger charge is 2.34. The molecule has 1 N–H and O–H groups in total. The molecule has 0 unspecified atom stereocenters. The molecule has 0 spiro atoms. The fraction of sp³-hybridized carbons (Fsp3) is 0.303. The smallest absolute Gasteiger partial charge is 0.355 e. The van der Waals surface area contributed by atoms with Gasteiger partial charge in [0.2, 0.25) is 5.91 Å². The van der Waals surface area contributed by atoms with Crippen LogP contribution in [-0.4, -0.2) is 56.2 Å². The van der Waals surface area contributed by atoms with Crippen LogP contribution in [0.25, 0.3) is 39.0 Å². The lowest BCUT2D eigenvalue weighted by molar-refractivity contribution is -0.128. The number of piperazine rings is 1. The molecule has 0 saturated carbocycles. The molecular formula is C33H34ClFN6O3. The molecule has 1 aliphatic rings. The van der Waals surface area contributed by atoms with Crippen molar-refractivity contribution in [1.82, 2.24) is 19.4 Å². The summed E-state index contributed by atoms with van der Waals surface area (Å²) in [5.41, 5.74) is 0.903. The molecule has 4 aromatic rings. The molecule has 0 bridgehead atoms. The molecule has 1 aliphatic heterocycles. The van der Waals surface area contributed by atoms with Gasteiger partial charge < -0.3 is 19.6 Å². The van der Waals surface area contributed by atoms with Crippen molar-refractivity contribution in [1.29, 1.82) is 5.41 Å². The number of allylic oxidation sites excluding steroid dienone is 3. The molecule has 0 aliphatic carbocycles. The van der Waals surface area contributed by atoms with Crippen LogP contribution in [-0.2, 0) is 4.79 Å². The van der Waals surface area contributed by atoms with Crippen LogP contribution < -0.4 is 10.6 Å². The van der Waals surface area contributed by atoms with E-state index in [0.717, 1.165) is 0 Å². The fourth-order valence-electron chi connectivity index (χ4n) is 5.66. The lowest BCUT2D eigenvalue weighted by Gasteiger charge is -2.44. The number of anilines is 1. The molecule has 4 heterocycles. The van der Waals surface area contributed by atoms with Crippen LogP contribution in [0.5, 0.6) is 0 Å². The van der Waals surface area contributed by atoms with E-state index in [9.17, 15) is 9.59 Å². The minimum atomic E-state index is -0.670. The van der Waals surface area contributed by atoms with E-state index in [1.165, 1.54) is 23.0 Å². The largest absolute Gasteiger partial charge is 0.464 e. The van der Waals surface area contributed by atoms with Gasteiger partial charge in [-0.25, -0.2) is 18.7 Å². The number of furan rings is 1. The number of aromatic nitrogens is 3. The van der Waals surface area contributed by atoms with E-state index in [1.54, 1.807) is 36.1 Å². The summed E-state index contributed by atoms with van der Waals surface area (Å²) >= 11 is 6.87. The number of nitrogens with one attached hydrogen (secondary N) is 1. The molecule has 44 heavy (non-hydrogen) atoms. The molecule has 1 amide bonds. The van der Waals surface area contributed by atoms with E-state index in [4.69, 9.17) is 26.4 Å². The number of fused-ring (bicyclic) bond motifs is 2. The first kappa shape index (κ1) is 30.9. The van der Waals surface area contributed by atoms with Crippen LogP contribution in [0.15, 0.2) is 70.6 Å². The van der Waals surface area contributed by atoms with E-state index in [-0.39, 0.29) is 62.8 Å². The van der Waals surface area contributed by atoms with Crippen molar-refractivity contribution in [2.24, 2.45) is 5.92 Å². The summed E-state index contributed by atoms with van der Waals surface area (Å²) < 4.78 is 22.4. The third kappa shape index (κ3) is 5.13. The third-order valence-electron chi connectivity index (χ3n) is 8.06. The number of nitrogens with zero attached hydrogens (tertiary/aromatic N) is 5. The molecule has 228 valence electrons. The van der Waals surface area contributed by atoms with E-state index < -0.39 is 11.5 Å². The normalized spacial score (nSPS) is 17.7. The number of halogens is 2. The monoisotopic (exact) mass is 616 g/mol. The number of benzene rings is 1. The lowest BCUT2D eigenvalue weighted by Crippen LogP contribution is -2.58. The van der Waals surface area contributed by atoms with E-state index in [2.05, 4.69) is 18.1 Å². The van der Waals surface area contributed by atoms with Crippen LogP contribution in [0.3, 0.4) is 0 Å². The number of carbonyl (C=O) groups excluding carboxylic acids is 1. The molecular weight excluding hydrogens is 583 g/mol. The Balaban J connectivity index is 1.86. The average Bonchev–Trinajstić information content (AvgIpc) is 3.47. The van der Waals surface area contributed by atoms with Gasteiger partial charge in [-0.15, -0.1) is 0 Å². The van der Waals surface area contributed by atoms with E-state index >= 15 is 4.39 Å². The minimum Gasteiger partial charge on any atom is -0.464 e. The first-order valence-corrected chi connectivity index (χ1v) is 14.7. The molecule has 0 radical (unpaired) electrons. The lowest BCUT2D eigenvalue weighted by atomic mass is 10.0. The number of hydrogen-bond donors (Lipinski definition) is 1. The Bertz CT molecular complexity index is 1940. The highest BCUT2D eigenvalue weighted by Crippen LogP contribution is 2.39. The maximum atomic E-state index is 15.5. The molecule has 5 rings (SSSR count). The second kappa shape index (κ2) is 11.8. The number of rotatable bonds is 7. The molecule has 1 aromatic carbocycles. The molecule has 9 nitrogen and oxygen atoms in total. The van der Waals surface area contributed by atoms with Gasteiger partial charge in [0.1, 0.15) is 17.2 Å². The average molecular weight is 617 g/mol. The third-order valence-corrected chi connectivity index (χ3v) is 8.35. The second-order valence-corrected chi connectivity index (χ2v) is 11.8. The van der Waals surface area contributed by atoms with E-state index in [0.29, 0.717) is 35.3 Å². The Morgan fingerprint density at radius 3 is 2.55 bits per heavy atom. The second-order valence-electron chi connectivity index (χ2n) is 11.4. The van der Waals surface area contributed by atoms with Gasteiger partial charge in [0.25, 0.3) is 0 Å². The summed E-state index contributed by atoms with van der Waals surface area (Å²) in [7, 11) is 0. The van der Waals surface area contributed by atoms with Gasteiger partial charge in [0, 0.05) is 30.6 Å². The van der Waals surface area contributed by atoms with Gasteiger partial charge in [-0.2, -0.15) is 4.98 Å². The standard InChI is InChI=1S/C33H34ClFN6O3/c1-8-18(5)29(27(36)17(3)4)41-32-22(14-23(34)28(37-32)26-24(35)11-10-21-12-13-44-30(21)26)31(38-33(41)43)40-16-19(6)39(15-20(40)7)25(42)9-2/h8-14,17,19-20,36H,1-2,15-16H2,3-7H3/b29-18+,36-27?/t19-,20+/m1/s1. The van der Waals surface area contributed by atoms with Crippen LogP contribution in [0.1, 0.15) is 34.6 Å². The van der Waals surface area contributed by atoms with Crippen molar-refractivity contribution in [3.8, 4) is 11.3 Å². The Morgan fingerprint density at radius 2 is 1.89 bits per heavy atom. The Morgan fingerprint density at radius 1 is 1.16 bits per heavy atom. The molecule has 11 heteroatoms. The summed E-state index contributed by atoms with van der Waals surface area (Å²) in [6.45, 7) is 17.6. The summed E-state index contributed by atoms with van der Waals surface area (Å²) in [5.74, 6) is -0.694. The summed E-state index contributed by atoms with van der Waals surface area (Å²) in [5, 5.41) is 10.1. The molecule has 3 aromatic heterocycles. The SMILES string of the molecule is C=CC(=O)N1C[C@H](C)N(c2nc(=O)n(/C(C(=N)C(C)C)=C(\C)C=C)c3nc(-c4c(F)ccc5ccoc45)c(Cl)cc23)C[C@H]1C. The summed E-state index contributed by atoms with van der Waals surface area (Å²) in [6, 6.07) is 5.81. The van der Waals surface area contributed by atoms with Crippen molar-refractivity contribution < 1.29 is 13.6 Å². The highest BCUT2D eigenvalue weighted by atomic mass is 35.5. The van der Waals surface area contributed by atoms with Crippen LogP contribution in [0, 0.1) is 17.1 Å². The Kier molecular flexibility index (Phi) is 8.31. The van der Waals surface area contributed by atoms with Crippen LogP contribution in [0.2, 0.25) is 5.02 Å². The Labute approximate surface area is 259 Å². The molecule has 1 saturated heterocycles. The fourth-order valence-corrected chi connectivity index (χ4v) is 5.90. The van der Waals surface area contributed by atoms with Crippen molar-refractivity contribution in [2.75, 3.05) is 18.0 Å². The quantitative estimate of drug-likeness (QED) is 0.141. The first-order chi connectivity index (χ1) is 20.9. The van der Waals surface area contributed by atoms with Crippen molar-refractivity contribution >= 4 is 56.7 Å². The Hall–Kier alpha value is -4.57. The van der Waals surface area contributed by atoms with Gasteiger partial charge in [0.05, 0.1) is 39.3 Å². The van der Waals surface area contributed by atoms with Gasteiger partial charge >= 0.3 is 5.69 Å². The van der Waals surface area contributed by atoms with E-state index in [1.807, 2.05) is 32.6 Å². The number of amides is 1. The van der Waals surface area contributed by atoms with Crippen molar-refractivity contribution in [2.45, 2.75) is 46.7 Å². The topological polar surface area (TPSA) is 108 Å². The summed E-state index contributed by atoms with van der Waals surface area (Å²) in [6.07, 6.45) is 4.31. The van der Waals surface area contributed by atoms with Gasteiger partial charge in [-0.1, -0.05) is 44.7 Å². The van der Waals surface area contributed by atoms with Gasteiger partial charge in [-0.05, 0) is 62.6 Å². The van der Waals surface area contributed by atoms with Gasteiger partial charge in [0.15, 0.2) is 5.65 Å². The first-order valence-electron chi connectivity index (χ1n) is 14.3. The predicted molar refractivity (Wildman–Crippen MR) is 174 cm³/mol. The predicted octanol–water partition coefficient (Wildman–Crippen LogP) is 6.70. The maximum Gasteiger partial charge on any atom is 0.355 e. The zero-order valence-electron chi connectivity index (χ0n) is 25.3. The minimum absolute atomic E-state index is 0.0558. The van der Waals surface area contributed by atoms with Crippen LogP contribution in [0.4, 0.5) is 10.2 Å². The van der Waals surface area contributed by atoms with Crippen molar-refractivity contribution in [3.05, 3.63) is 82.7 Å². The zero-order chi connectivity index (χ0) is 32.0. The van der Waals surface area contributed by atoms with Crippen molar-refractivity contribution in [3.63, 3.8) is 0 Å². The zero-order valence-corrected chi connectivity index (χ0v) is 26.1. The number of pyridine rings is 1. The maximum absolute atomic E-state index is 15.5. The number of hydrogen-bond acceptors (Lipinski definition) is 7. The van der Waals surface area contributed by atoms with Crippen LogP contribution >= 0.6 is 11.6 Å². The summed E-state index contributed by atoms with van der Waals surface area (Å²) in [4.78, 5) is 39.7. The molecule has 1 fully saturated rings. The molecule has 2 atom stereocenters.